The third-order valence-corrected chi connectivity index (χ3v) is 6.99. The van der Waals surface area contributed by atoms with Crippen LogP contribution >= 0.6 is 11.6 Å². The first-order valence-corrected chi connectivity index (χ1v) is 12.7. The zero-order valence-electron chi connectivity index (χ0n) is 20.2. The minimum absolute atomic E-state index is 0.0630. The number of carbonyl (C=O) groups excluding carboxylic acids is 2. The summed E-state index contributed by atoms with van der Waals surface area (Å²) in [6.07, 6.45) is 8.58. The number of fused-ring (bicyclic) bond motifs is 1. The van der Waals surface area contributed by atoms with Crippen molar-refractivity contribution in [2.45, 2.75) is 44.6 Å². The SMILES string of the molecule is CC(=O)Nc1cc(C2CC2)cn2cc(CNc3cc(NC(=O)[C@H]4C[C@@H]4c4cccc(Cl)c4)ncn3)nc12. The van der Waals surface area contributed by atoms with Gasteiger partial charge in [0.15, 0.2) is 5.65 Å². The van der Waals surface area contributed by atoms with Crippen molar-refractivity contribution in [3.05, 3.63) is 77.0 Å². The van der Waals surface area contributed by atoms with Crippen molar-refractivity contribution in [3.63, 3.8) is 0 Å². The molecule has 6 rings (SSSR count). The molecule has 3 N–H and O–H groups in total. The van der Waals surface area contributed by atoms with Crippen molar-refractivity contribution in [2.24, 2.45) is 5.92 Å². The molecule has 9 nitrogen and oxygen atoms in total. The van der Waals surface area contributed by atoms with Gasteiger partial charge >= 0.3 is 0 Å². The van der Waals surface area contributed by atoms with Crippen LogP contribution in [0.2, 0.25) is 5.02 Å². The quantitative estimate of drug-likeness (QED) is 0.305. The van der Waals surface area contributed by atoms with E-state index in [-0.39, 0.29) is 23.7 Å². The monoisotopic (exact) mass is 515 g/mol. The number of pyridine rings is 1. The van der Waals surface area contributed by atoms with Crippen LogP contribution in [0.1, 0.15) is 54.8 Å². The maximum atomic E-state index is 12.8. The summed E-state index contributed by atoms with van der Waals surface area (Å²) >= 11 is 6.09. The average molecular weight is 516 g/mol. The van der Waals surface area contributed by atoms with Crippen LogP contribution in [0.15, 0.2) is 55.1 Å². The lowest BCUT2D eigenvalue weighted by Crippen LogP contribution is -2.16. The highest BCUT2D eigenvalue weighted by molar-refractivity contribution is 6.30. The van der Waals surface area contributed by atoms with Gasteiger partial charge in [0.05, 0.1) is 17.9 Å². The molecule has 37 heavy (non-hydrogen) atoms. The Kier molecular flexibility index (Phi) is 6.00. The fourth-order valence-corrected chi connectivity index (χ4v) is 4.89. The molecule has 2 fully saturated rings. The van der Waals surface area contributed by atoms with Gasteiger partial charge in [0, 0.05) is 36.3 Å². The summed E-state index contributed by atoms with van der Waals surface area (Å²) in [6.45, 7) is 1.92. The lowest BCUT2D eigenvalue weighted by molar-refractivity contribution is -0.117. The predicted molar refractivity (Wildman–Crippen MR) is 142 cm³/mol. The number of nitrogens with zero attached hydrogens (tertiary/aromatic N) is 4. The van der Waals surface area contributed by atoms with Crippen LogP contribution < -0.4 is 16.0 Å². The second-order valence-electron chi connectivity index (χ2n) is 9.74. The molecule has 2 atom stereocenters. The summed E-state index contributed by atoms with van der Waals surface area (Å²) < 4.78 is 1.97. The molecule has 0 bridgehead atoms. The van der Waals surface area contributed by atoms with Crippen LogP contribution in [-0.4, -0.2) is 31.2 Å². The molecular formula is C27H26ClN7O2. The van der Waals surface area contributed by atoms with Crippen molar-refractivity contribution in [1.29, 1.82) is 0 Å². The van der Waals surface area contributed by atoms with Gasteiger partial charge in [-0.05, 0) is 60.4 Å². The Labute approximate surface area is 218 Å². The van der Waals surface area contributed by atoms with Gasteiger partial charge in [0.25, 0.3) is 0 Å². The van der Waals surface area contributed by atoms with Crippen LogP contribution in [0.25, 0.3) is 5.65 Å². The van der Waals surface area contributed by atoms with Crippen molar-refractivity contribution in [3.8, 4) is 0 Å². The van der Waals surface area contributed by atoms with E-state index in [1.54, 1.807) is 6.07 Å². The molecule has 1 aromatic carbocycles. The summed E-state index contributed by atoms with van der Waals surface area (Å²) in [7, 11) is 0. The van der Waals surface area contributed by atoms with E-state index in [0.29, 0.717) is 40.5 Å². The predicted octanol–water partition coefficient (Wildman–Crippen LogP) is 4.97. The number of imidazole rings is 1. The van der Waals surface area contributed by atoms with Crippen LogP contribution in [-0.2, 0) is 16.1 Å². The second-order valence-corrected chi connectivity index (χ2v) is 10.2. The number of hydrogen-bond donors (Lipinski definition) is 3. The fraction of sp³-hybridized carbons (Fsp3) is 0.296. The summed E-state index contributed by atoms with van der Waals surface area (Å²) in [5, 5.41) is 9.73. The zero-order chi connectivity index (χ0) is 25.5. The molecule has 2 saturated carbocycles. The number of nitrogens with one attached hydrogen (secondary N) is 3. The van der Waals surface area contributed by atoms with Gasteiger partial charge in [0.2, 0.25) is 11.8 Å². The Morgan fingerprint density at radius 2 is 1.89 bits per heavy atom. The fourth-order valence-electron chi connectivity index (χ4n) is 4.69. The summed E-state index contributed by atoms with van der Waals surface area (Å²) in [5.41, 5.74) is 4.50. The van der Waals surface area contributed by atoms with Gasteiger partial charge < -0.3 is 20.4 Å². The number of amides is 2. The molecule has 3 heterocycles. The Balaban J connectivity index is 1.11. The highest BCUT2D eigenvalue weighted by Crippen LogP contribution is 2.48. The van der Waals surface area contributed by atoms with E-state index in [4.69, 9.17) is 16.6 Å². The van der Waals surface area contributed by atoms with Gasteiger partial charge in [-0.25, -0.2) is 15.0 Å². The largest absolute Gasteiger partial charge is 0.364 e. The summed E-state index contributed by atoms with van der Waals surface area (Å²) in [4.78, 5) is 37.7. The number of halogens is 1. The summed E-state index contributed by atoms with van der Waals surface area (Å²) in [5.74, 6) is 1.45. The lowest BCUT2D eigenvalue weighted by Gasteiger charge is -2.07. The number of benzene rings is 1. The Bertz CT molecular complexity index is 1510. The Morgan fingerprint density at radius 1 is 1.05 bits per heavy atom. The molecule has 0 radical (unpaired) electrons. The van der Waals surface area contributed by atoms with Crippen molar-refractivity contribution >= 4 is 46.4 Å². The van der Waals surface area contributed by atoms with E-state index in [0.717, 1.165) is 17.7 Å². The molecule has 2 amide bonds. The minimum atomic E-state index is -0.127. The molecule has 0 aliphatic heterocycles. The molecular weight excluding hydrogens is 490 g/mol. The maximum absolute atomic E-state index is 12.8. The smallest absolute Gasteiger partial charge is 0.229 e. The van der Waals surface area contributed by atoms with Crippen molar-refractivity contribution in [2.75, 3.05) is 16.0 Å². The van der Waals surface area contributed by atoms with Gasteiger partial charge in [-0.1, -0.05) is 23.7 Å². The third kappa shape index (κ3) is 5.27. The van der Waals surface area contributed by atoms with Crippen LogP contribution in [0.5, 0.6) is 0 Å². The maximum Gasteiger partial charge on any atom is 0.229 e. The number of hydrogen-bond acceptors (Lipinski definition) is 6. The van der Waals surface area contributed by atoms with Gasteiger partial charge in [-0.3, -0.25) is 9.59 Å². The second kappa shape index (κ2) is 9.48. The molecule has 3 aromatic heterocycles. The lowest BCUT2D eigenvalue weighted by atomic mass is 10.1. The van der Waals surface area contributed by atoms with Crippen LogP contribution in [0, 0.1) is 5.92 Å². The molecule has 0 unspecified atom stereocenters. The highest BCUT2D eigenvalue weighted by atomic mass is 35.5. The van der Waals surface area contributed by atoms with E-state index in [2.05, 4.69) is 32.1 Å². The van der Waals surface area contributed by atoms with E-state index < -0.39 is 0 Å². The van der Waals surface area contributed by atoms with E-state index in [1.807, 2.05) is 40.9 Å². The topological polar surface area (TPSA) is 113 Å². The van der Waals surface area contributed by atoms with E-state index >= 15 is 0 Å². The molecule has 0 spiro atoms. The zero-order valence-corrected chi connectivity index (χ0v) is 21.0. The van der Waals surface area contributed by atoms with E-state index in [9.17, 15) is 9.59 Å². The molecule has 2 aliphatic rings. The Hall–Kier alpha value is -3.98. The number of rotatable bonds is 8. The highest BCUT2D eigenvalue weighted by Gasteiger charge is 2.44. The first-order chi connectivity index (χ1) is 17.9. The van der Waals surface area contributed by atoms with Crippen molar-refractivity contribution < 1.29 is 9.59 Å². The normalized spacial score (nSPS) is 18.4. The molecule has 10 heteroatoms. The van der Waals surface area contributed by atoms with Gasteiger partial charge in [0.1, 0.15) is 18.0 Å². The van der Waals surface area contributed by atoms with Gasteiger partial charge in [-0.15, -0.1) is 0 Å². The minimum Gasteiger partial charge on any atom is -0.364 e. The van der Waals surface area contributed by atoms with E-state index in [1.165, 1.54) is 31.7 Å². The standard InChI is InChI=1S/C27H26ClN7O2/c1-15(36)32-23-8-18(16-5-6-16)12-35-13-20(33-26(23)35)11-29-24-10-25(31-14-30-24)34-27(37)22-9-21(22)17-3-2-4-19(28)7-17/h2-4,7-8,10,12-14,16,21-22H,5-6,9,11H2,1H3,(H,32,36)(H2,29,30,31,34,37)/t21-,22+/m1/s1. The molecule has 4 aromatic rings. The molecule has 188 valence electrons. The van der Waals surface area contributed by atoms with Crippen LogP contribution in [0.4, 0.5) is 17.3 Å². The molecule has 0 saturated heterocycles. The average Bonchev–Trinajstić information content (AvgIpc) is 3.79. The third-order valence-electron chi connectivity index (χ3n) is 6.75. The molecule has 2 aliphatic carbocycles. The first kappa shape index (κ1) is 23.4. The Morgan fingerprint density at radius 3 is 2.68 bits per heavy atom. The van der Waals surface area contributed by atoms with Crippen LogP contribution in [0.3, 0.4) is 0 Å². The summed E-state index contributed by atoms with van der Waals surface area (Å²) in [6, 6.07) is 11.4. The number of carbonyl (C=O) groups is 2. The van der Waals surface area contributed by atoms with Crippen molar-refractivity contribution in [1.82, 2.24) is 19.4 Å². The number of anilines is 3. The number of aromatic nitrogens is 4. The van der Waals surface area contributed by atoms with Gasteiger partial charge in [-0.2, -0.15) is 0 Å². The first-order valence-electron chi connectivity index (χ1n) is 12.3.